The second-order valence-corrected chi connectivity index (χ2v) is 3.95. The second kappa shape index (κ2) is 4.97. The standard InChI is InChI=1S/C12H14N2O3/c15-11(16)7-14-12(17)10-3-1-2-8-6-13-5-4-9(8)10/h1-3,13H,4-7H2,(H,14,17)(H,15,16). The SMILES string of the molecule is O=C(O)CNC(=O)c1cccc2c1CCNC2. The monoisotopic (exact) mass is 234 g/mol. The first-order chi connectivity index (χ1) is 8.18. The van der Waals surface area contributed by atoms with Crippen molar-refractivity contribution in [3.05, 3.63) is 34.9 Å². The third-order valence-corrected chi connectivity index (χ3v) is 2.79. The zero-order valence-electron chi connectivity index (χ0n) is 9.32. The van der Waals surface area contributed by atoms with E-state index in [1.165, 1.54) is 0 Å². The summed E-state index contributed by atoms with van der Waals surface area (Å²) < 4.78 is 0. The summed E-state index contributed by atoms with van der Waals surface area (Å²) >= 11 is 0. The highest BCUT2D eigenvalue weighted by Gasteiger charge is 2.17. The zero-order chi connectivity index (χ0) is 12.3. The van der Waals surface area contributed by atoms with Gasteiger partial charge in [0, 0.05) is 12.1 Å². The van der Waals surface area contributed by atoms with Gasteiger partial charge >= 0.3 is 5.97 Å². The lowest BCUT2D eigenvalue weighted by molar-refractivity contribution is -0.135. The molecule has 1 heterocycles. The second-order valence-electron chi connectivity index (χ2n) is 3.95. The van der Waals surface area contributed by atoms with Crippen LogP contribution in [0.15, 0.2) is 18.2 Å². The van der Waals surface area contributed by atoms with Crippen LogP contribution in [0, 0.1) is 0 Å². The number of fused-ring (bicyclic) bond motifs is 1. The molecule has 3 N–H and O–H groups in total. The van der Waals surface area contributed by atoms with Crippen molar-refractivity contribution in [1.82, 2.24) is 10.6 Å². The van der Waals surface area contributed by atoms with Crippen LogP contribution in [-0.4, -0.2) is 30.1 Å². The largest absolute Gasteiger partial charge is 0.480 e. The van der Waals surface area contributed by atoms with Gasteiger partial charge in [0.15, 0.2) is 0 Å². The van der Waals surface area contributed by atoms with Crippen molar-refractivity contribution in [1.29, 1.82) is 0 Å². The molecule has 0 saturated heterocycles. The van der Waals surface area contributed by atoms with Crippen molar-refractivity contribution < 1.29 is 14.7 Å². The third-order valence-electron chi connectivity index (χ3n) is 2.79. The van der Waals surface area contributed by atoms with E-state index in [4.69, 9.17) is 5.11 Å². The van der Waals surface area contributed by atoms with Crippen LogP contribution in [0.25, 0.3) is 0 Å². The van der Waals surface area contributed by atoms with Gasteiger partial charge in [-0.1, -0.05) is 12.1 Å². The normalized spacial score (nSPS) is 13.9. The van der Waals surface area contributed by atoms with Crippen LogP contribution >= 0.6 is 0 Å². The van der Waals surface area contributed by atoms with Crippen LogP contribution in [0.3, 0.4) is 0 Å². The van der Waals surface area contributed by atoms with Crippen LogP contribution in [0.5, 0.6) is 0 Å². The number of carboxylic acid groups (broad SMARTS) is 1. The number of hydrogen-bond acceptors (Lipinski definition) is 3. The van der Waals surface area contributed by atoms with Gasteiger partial charge in [-0.15, -0.1) is 0 Å². The Labute approximate surface area is 98.8 Å². The van der Waals surface area contributed by atoms with Gasteiger partial charge in [0.2, 0.25) is 0 Å². The van der Waals surface area contributed by atoms with Gasteiger partial charge in [0.25, 0.3) is 5.91 Å². The highest BCUT2D eigenvalue weighted by atomic mass is 16.4. The fourth-order valence-electron chi connectivity index (χ4n) is 2.00. The summed E-state index contributed by atoms with van der Waals surface area (Å²) in [6, 6.07) is 5.54. The number of carbonyl (C=O) groups is 2. The molecule has 2 rings (SSSR count). The molecule has 0 aliphatic carbocycles. The Hall–Kier alpha value is -1.88. The Kier molecular flexibility index (Phi) is 3.39. The Balaban J connectivity index is 2.20. The van der Waals surface area contributed by atoms with Crippen LogP contribution in [0.4, 0.5) is 0 Å². The summed E-state index contributed by atoms with van der Waals surface area (Å²) in [5.41, 5.74) is 2.72. The third kappa shape index (κ3) is 2.62. The van der Waals surface area contributed by atoms with E-state index >= 15 is 0 Å². The van der Waals surface area contributed by atoms with E-state index in [1.807, 2.05) is 12.1 Å². The summed E-state index contributed by atoms with van der Waals surface area (Å²) in [5.74, 6) is -1.35. The highest BCUT2D eigenvalue weighted by molar-refractivity contribution is 5.97. The number of amides is 1. The first-order valence-electron chi connectivity index (χ1n) is 5.50. The Morgan fingerprint density at radius 3 is 3.00 bits per heavy atom. The zero-order valence-corrected chi connectivity index (χ0v) is 9.32. The minimum Gasteiger partial charge on any atom is -0.480 e. The highest BCUT2D eigenvalue weighted by Crippen LogP contribution is 2.18. The number of aliphatic carboxylic acids is 1. The summed E-state index contributed by atoms with van der Waals surface area (Å²) in [6.07, 6.45) is 0.798. The molecule has 0 bridgehead atoms. The summed E-state index contributed by atoms with van der Waals surface area (Å²) in [5, 5.41) is 14.1. The maximum Gasteiger partial charge on any atom is 0.322 e. The van der Waals surface area contributed by atoms with Crippen molar-refractivity contribution >= 4 is 11.9 Å². The molecule has 1 aromatic carbocycles. The van der Waals surface area contributed by atoms with Crippen LogP contribution in [0.2, 0.25) is 0 Å². The predicted octanol–water partition coefficient (Wildman–Crippen LogP) is 0.147. The minimum absolute atomic E-state index is 0.314. The average molecular weight is 234 g/mol. The quantitative estimate of drug-likeness (QED) is 0.695. The molecular formula is C12H14N2O3. The molecule has 0 atom stereocenters. The maximum atomic E-state index is 11.8. The van der Waals surface area contributed by atoms with Crippen molar-refractivity contribution in [2.75, 3.05) is 13.1 Å². The number of carbonyl (C=O) groups excluding carboxylic acids is 1. The molecule has 0 aromatic heterocycles. The molecule has 1 aliphatic rings. The van der Waals surface area contributed by atoms with Crippen molar-refractivity contribution in [3.8, 4) is 0 Å². The minimum atomic E-state index is -1.04. The lowest BCUT2D eigenvalue weighted by atomic mass is 9.95. The van der Waals surface area contributed by atoms with Crippen molar-refractivity contribution in [2.24, 2.45) is 0 Å². The van der Waals surface area contributed by atoms with Gasteiger partial charge in [-0.2, -0.15) is 0 Å². The van der Waals surface area contributed by atoms with Crippen LogP contribution < -0.4 is 10.6 Å². The smallest absolute Gasteiger partial charge is 0.322 e. The van der Waals surface area contributed by atoms with E-state index in [0.29, 0.717) is 5.56 Å². The Morgan fingerprint density at radius 1 is 1.41 bits per heavy atom. The summed E-state index contributed by atoms with van der Waals surface area (Å²) in [6.45, 7) is 1.26. The lowest BCUT2D eigenvalue weighted by Gasteiger charge is -2.19. The molecule has 1 amide bonds. The maximum absolute atomic E-state index is 11.8. The van der Waals surface area contributed by atoms with Crippen molar-refractivity contribution in [3.63, 3.8) is 0 Å². The van der Waals surface area contributed by atoms with Gasteiger partial charge in [-0.25, -0.2) is 0 Å². The van der Waals surface area contributed by atoms with Crippen LogP contribution in [-0.2, 0) is 17.8 Å². The average Bonchev–Trinajstić information content (AvgIpc) is 2.35. The fourth-order valence-corrected chi connectivity index (χ4v) is 2.00. The predicted molar refractivity (Wildman–Crippen MR) is 61.8 cm³/mol. The number of benzene rings is 1. The topological polar surface area (TPSA) is 78.4 Å². The van der Waals surface area contributed by atoms with E-state index in [9.17, 15) is 9.59 Å². The lowest BCUT2D eigenvalue weighted by Crippen LogP contribution is -2.32. The van der Waals surface area contributed by atoms with Gasteiger partial charge in [0.05, 0.1) is 0 Å². The van der Waals surface area contributed by atoms with Gasteiger partial charge in [-0.3, -0.25) is 9.59 Å². The summed E-state index contributed by atoms with van der Waals surface area (Å²) in [4.78, 5) is 22.2. The summed E-state index contributed by atoms with van der Waals surface area (Å²) in [7, 11) is 0. The molecule has 90 valence electrons. The number of carboxylic acids is 1. The van der Waals surface area contributed by atoms with E-state index in [1.54, 1.807) is 6.07 Å². The van der Waals surface area contributed by atoms with Gasteiger partial charge in [-0.05, 0) is 30.2 Å². The molecule has 0 radical (unpaired) electrons. The molecule has 0 saturated carbocycles. The number of rotatable bonds is 3. The molecule has 17 heavy (non-hydrogen) atoms. The Morgan fingerprint density at radius 2 is 2.24 bits per heavy atom. The van der Waals surface area contributed by atoms with E-state index in [-0.39, 0.29) is 12.5 Å². The van der Waals surface area contributed by atoms with Gasteiger partial charge < -0.3 is 15.7 Å². The molecule has 5 heteroatoms. The van der Waals surface area contributed by atoms with Gasteiger partial charge in [0.1, 0.15) is 6.54 Å². The molecule has 5 nitrogen and oxygen atoms in total. The fraction of sp³-hybridized carbons (Fsp3) is 0.333. The molecule has 1 aliphatic heterocycles. The molecule has 1 aromatic rings. The van der Waals surface area contributed by atoms with Crippen molar-refractivity contribution in [2.45, 2.75) is 13.0 Å². The first-order valence-corrected chi connectivity index (χ1v) is 5.50. The van der Waals surface area contributed by atoms with E-state index < -0.39 is 5.97 Å². The molecule has 0 unspecified atom stereocenters. The molecule has 0 fully saturated rings. The van der Waals surface area contributed by atoms with E-state index in [0.717, 1.165) is 30.6 Å². The van der Waals surface area contributed by atoms with E-state index in [2.05, 4.69) is 10.6 Å². The van der Waals surface area contributed by atoms with Crippen LogP contribution in [0.1, 0.15) is 21.5 Å². The Bertz CT molecular complexity index is 457. The number of hydrogen-bond donors (Lipinski definition) is 3. The molecule has 0 spiro atoms. The number of nitrogens with one attached hydrogen (secondary N) is 2. The molecular weight excluding hydrogens is 220 g/mol. The first kappa shape index (κ1) is 11.6.